The van der Waals surface area contributed by atoms with Gasteiger partial charge in [0.05, 0.1) is 0 Å². The van der Waals surface area contributed by atoms with Crippen molar-refractivity contribution in [2.24, 2.45) is 0 Å². The summed E-state index contributed by atoms with van der Waals surface area (Å²) in [5, 5.41) is 3.42. The van der Waals surface area contributed by atoms with Crippen LogP contribution in [0.1, 0.15) is 31.4 Å². The lowest BCUT2D eigenvalue weighted by atomic mass is 10.1. The number of nitrogens with zero attached hydrogens (tertiary/aromatic N) is 1. The molecular weight excluding hydrogens is 376 g/mol. The Morgan fingerprint density at radius 3 is 2.39 bits per heavy atom. The number of aryl methyl sites for hydroxylation is 1. The van der Waals surface area contributed by atoms with E-state index >= 15 is 0 Å². The molecule has 28 heavy (non-hydrogen) atoms. The second-order valence-corrected chi connectivity index (χ2v) is 6.95. The second-order valence-electron chi connectivity index (χ2n) is 6.51. The monoisotopic (exact) mass is 402 g/mol. The third kappa shape index (κ3) is 5.99. The molecule has 0 aliphatic rings. The topological polar surface area (TPSA) is 58.6 Å². The zero-order valence-electron chi connectivity index (χ0n) is 16.6. The summed E-state index contributed by atoms with van der Waals surface area (Å²) in [7, 11) is 0. The van der Waals surface area contributed by atoms with E-state index in [0.29, 0.717) is 30.3 Å². The van der Waals surface area contributed by atoms with E-state index in [1.807, 2.05) is 45.0 Å². The third-order valence-corrected chi connectivity index (χ3v) is 4.77. The van der Waals surface area contributed by atoms with Gasteiger partial charge in [-0.05, 0) is 55.7 Å². The molecule has 2 aromatic rings. The zero-order valence-corrected chi connectivity index (χ0v) is 17.3. The van der Waals surface area contributed by atoms with E-state index < -0.39 is 6.04 Å². The van der Waals surface area contributed by atoms with Crippen molar-refractivity contribution in [2.75, 3.05) is 13.2 Å². The fourth-order valence-corrected chi connectivity index (χ4v) is 3.07. The summed E-state index contributed by atoms with van der Waals surface area (Å²) in [6.45, 7) is 6.48. The minimum atomic E-state index is -0.555. The summed E-state index contributed by atoms with van der Waals surface area (Å²) in [5.74, 6) is 0.161. The number of nitrogens with one attached hydrogen (secondary N) is 1. The molecule has 1 atom stereocenters. The maximum absolute atomic E-state index is 13.0. The Morgan fingerprint density at radius 1 is 1.11 bits per heavy atom. The van der Waals surface area contributed by atoms with Crippen molar-refractivity contribution in [1.82, 2.24) is 10.2 Å². The van der Waals surface area contributed by atoms with Gasteiger partial charge >= 0.3 is 0 Å². The maximum atomic E-state index is 13.0. The van der Waals surface area contributed by atoms with E-state index in [0.717, 1.165) is 11.1 Å². The van der Waals surface area contributed by atoms with Gasteiger partial charge in [0, 0.05) is 18.1 Å². The Bertz CT molecular complexity index is 793. The highest BCUT2D eigenvalue weighted by molar-refractivity contribution is 6.30. The number of halogens is 1. The van der Waals surface area contributed by atoms with Gasteiger partial charge in [0.15, 0.2) is 6.61 Å². The Balaban J connectivity index is 2.20. The van der Waals surface area contributed by atoms with E-state index in [9.17, 15) is 9.59 Å². The molecule has 0 saturated carbocycles. The molecule has 0 aliphatic heterocycles. The summed E-state index contributed by atoms with van der Waals surface area (Å²) in [6.07, 6.45) is 0.518. The number of benzene rings is 2. The van der Waals surface area contributed by atoms with Crippen molar-refractivity contribution in [2.45, 2.75) is 39.8 Å². The van der Waals surface area contributed by atoms with Crippen molar-refractivity contribution < 1.29 is 14.3 Å². The smallest absolute Gasteiger partial charge is 0.261 e. The first-order chi connectivity index (χ1) is 13.5. The molecule has 0 fully saturated rings. The minimum absolute atomic E-state index is 0.149. The van der Waals surface area contributed by atoms with Crippen LogP contribution in [0.15, 0.2) is 48.5 Å². The van der Waals surface area contributed by atoms with Crippen LogP contribution in [0, 0.1) is 6.92 Å². The third-order valence-electron chi connectivity index (χ3n) is 4.51. The summed E-state index contributed by atoms with van der Waals surface area (Å²) in [5.41, 5.74) is 2.08. The number of carbonyl (C=O) groups excluding carboxylic acids is 2. The molecule has 2 rings (SSSR count). The molecule has 0 aromatic heterocycles. The highest BCUT2D eigenvalue weighted by atomic mass is 35.5. The molecule has 2 aromatic carbocycles. The van der Waals surface area contributed by atoms with Crippen LogP contribution in [0.25, 0.3) is 0 Å². The molecule has 1 N–H and O–H groups in total. The van der Waals surface area contributed by atoms with Crippen LogP contribution in [0.3, 0.4) is 0 Å². The standard InChI is InChI=1S/C22H27ClN2O3/c1-4-20(22(27)24-5-2)25(14-17-9-7-6-8-16(17)3)21(26)15-28-19-12-10-18(23)11-13-19/h6-13,20H,4-5,14-15H2,1-3H3,(H,24,27)/t20-/m0/s1. The van der Waals surface area contributed by atoms with Gasteiger partial charge in [0.1, 0.15) is 11.8 Å². The SMILES string of the molecule is CCNC(=O)[C@H](CC)N(Cc1ccccc1C)C(=O)COc1ccc(Cl)cc1. The summed E-state index contributed by atoms with van der Waals surface area (Å²) in [6, 6.07) is 14.1. The molecule has 0 unspecified atom stereocenters. The van der Waals surface area contributed by atoms with E-state index in [1.165, 1.54) is 0 Å². The summed E-state index contributed by atoms with van der Waals surface area (Å²) in [4.78, 5) is 27.2. The highest BCUT2D eigenvalue weighted by Gasteiger charge is 2.28. The van der Waals surface area contributed by atoms with Crippen molar-refractivity contribution in [3.8, 4) is 5.75 Å². The van der Waals surface area contributed by atoms with Crippen LogP contribution in [0.2, 0.25) is 5.02 Å². The van der Waals surface area contributed by atoms with Gasteiger partial charge in [0.25, 0.3) is 5.91 Å². The molecule has 5 nitrogen and oxygen atoms in total. The van der Waals surface area contributed by atoms with Gasteiger partial charge in [0.2, 0.25) is 5.91 Å². The maximum Gasteiger partial charge on any atom is 0.261 e. The van der Waals surface area contributed by atoms with E-state index in [2.05, 4.69) is 5.32 Å². The summed E-state index contributed by atoms with van der Waals surface area (Å²) >= 11 is 5.88. The number of likely N-dealkylation sites (N-methyl/N-ethyl adjacent to an activating group) is 1. The first-order valence-corrected chi connectivity index (χ1v) is 9.84. The predicted octanol–water partition coefficient (Wildman–Crippen LogP) is 3.97. The Kier molecular flexibility index (Phi) is 8.33. The lowest BCUT2D eigenvalue weighted by molar-refractivity contribution is -0.142. The lowest BCUT2D eigenvalue weighted by Crippen LogP contribution is -2.50. The molecule has 150 valence electrons. The van der Waals surface area contributed by atoms with Crippen LogP contribution >= 0.6 is 11.6 Å². The molecular formula is C22H27ClN2O3. The first-order valence-electron chi connectivity index (χ1n) is 9.46. The van der Waals surface area contributed by atoms with Crippen LogP contribution in [-0.4, -0.2) is 35.9 Å². The van der Waals surface area contributed by atoms with Gasteiger partial charge in [-0.2, -0.15) is 0 Å². The number of rotatable bonds is 9. The van der Waals surface area contributed by atoms with Gasteiger partial charge in [-0.3, -0.25) is 9.59 Å². The van der Waals surface area contributed by atoms with Crippen molar-refractivity contribution in [3.63, 3.8) is 0 Å². The normalized spacial score (nSPS) is 11.6. The predicted molar refractivity (Wildman–Crippen MR) is 111 cm³/mol. The molecule has 0 aliphatic carbocycles. The average Bonchev–Trinajstić information content (AvgIpc) is 2.69. The molecule has 0 bridgehead atoms. The Hall–Kier alpha value is -2.53. The first kappa shape index (κ1) is 21.8. The summed E-state index contributed by atoms with van der Waals surface area (Å²) < 4.78 is 5.62. The van der Waals surface area contributed by atoms with Crippen molar-refractivity contribution in [3.05, 3.63) is 64.7 Å². The Morgan fingerprint density at radius 2 is 1.79 bits per heavy atom. The second kappa shape index (κ2) is 10.7. The average molecular weight is 403 g/mol. The molecule has 6 heteroatoms. The highest BCUT2D eigenvalue weighted by Crippen LogP contribution is 2.18. The zero-order chi connectivity index (χ0) is 20.5. The van der Waals surface area contributed by atoms with Gasteiger partial charge in [-0.1, -0.05) is 42.8 Å². The van der Waals surface area contributed by atoms with E-state index in [-0.39, 0.29) is 18.4 Å². The van der Waals surface area contributed by atoms with Gasteiger partial charge in [-0.25, -0.2) is 0 Å². The minimum Gasteiger partial charge on any atom is -0.484 e. The molecule has 0 heterocycles. The van der Waals surface area contributed by atoms with Gasteiger partial charge in [-0.15, -0.1) is 0 Å². The largest absolute Gasteiger partial charge is 0.484 e. The molecule has 2 amide bonds. The van der Waals surface area contributed by atoms with Crippen molar-refractivity contribution in [1.29, 1.82) is 0 Å². The van der Waals surface area contributed by atoms with E-state index in [4.69, 9.17) is 16.3 Å². The molecule has 0 spiro atoms. The fourth-order valence-electron chi connectivity index (χ4n) is 2.94. The number of carbonyl (C=O) groups is 2. The van der Waals surface area contributed by atoms with E-state index in [1.54, 1.807) is 29.2 Å². The number of amides is 2. The Labute approximate surface area is 171 Å². The quantitative estimate of drug-likeness (QED) is 0.690. The van der Waals surface area contributed by atoms with Crippen molar-refractivity contribution >= 4 is 23.4 Å². The van der Waals surface area contributed by atoms with Crippen LogP contribution in [0.4, 0.5) is 0 Å². The van der Waals surface area contributed by atoms with Gasteiger partial charge < -0.3 is 15.0 Å². The van der Waals surface area contributed by atoms with Crippen LogP contribution in [0.5, 0.6) is 5.75 Å². The van der Waals surface area contributed by atoms with Crippen LogP contribution < -0.4 is 10.1 Å². The molecule has 0 radical (unpaired) electrons. The fraction of sp³-hybridized carbons (Fsp3) is 0.364. The number of hydrogen-bond acceptors (Lipinski definition) is 3. The van der Waals surface area contributed by atoms with Crippen LogP contribution in [-0.2, 0) is 16.1 Å². The molecule has 0 saturated heterocycles. The lowest BCUT2D eigenvalue weighted by Gasteiger charge is -2.31. The number of ether oxygens (including phenoxy) is 1. The number of hydrogen-bond donors (Lipinski definition) is 1.